The highest BCUT2D eigenvalue weighted by molar-refractivity contribution is 5.54. The lowest BCUT2D eigenvalue weighted by molar-refractivity contribution is 0.714. The fourth-order valence-corrected chi connectivity index (χ4v) is 2.54. The third-order valence-electron chi connectivity index (χ3n) is 3.53. The summed E-state index contributed by atoms with van der Waals surface area (Å²) in [5.41, 5.74) is 2.40. The lowest BCUT2D eigenvalue weighted by Gasteiger charge is -2.08. The lowest BCUT2D eigenvalue weighted by Crippen LogP contribution is -1.96. The Hall–Kier alpha value is -1.70. The molecule has 86 valence electrons. The van der Waals surface area contributed by atoms with Crippen LogP contribution < -0.4 is 0 Å². The van der Waals surface area contributed by atoms with Crippen molar-refractivity contribution < 1.29 is 0 Å². The highest BCUT2D eigenvalue weighted by Crippen LogP contribution is 2.33. The SMILES string of the molecule is c1ccc(-c2ncc(C3CCCC3)cn2)cc1. The van der Waals surface area contributed by atoms with Crippen molar-refractivity contribution in [3.05, 3.63) is 48.3 Å². The van der Waals surface area contributed by atoms with Gasteiger partial charge in [0.15, 0.2) is 5.82 Å². The van der Waals surface area contributed by atoms with Crippen LogP contribution in [0.3, 0.4) is 0 Å². The standard InChI is InChI=1S/C15H16N2/c1-2-8-13(9-3-1)15-16-10-14(11-17-15)12-6-4-5-7-12/h1-3,8-12H,4-7H2. The Kier molecular flexibility index (Phi) is 2.87. The summed E-state index contributed by atoms with van der Waals surface area (Å²) >= 11 is 0. The predicted molar refractivity (Wildman–Crippen MR) is 68.7 cm³/mol. The second-order valence-electron chi connectivity index (χ2n) is 4.69. The van der Waals surface area contributed by atoms with Crippen LogP contribution in [-0.4, -0.2) is 9.97 Å². The van der Waals surface area contributed by atoms with Crippen molar-refractivity contribution in [3.63, 3.8) is 0 Å². The minimum atomic E-state index is 0.694. The van der Waals surface area contributed by atoms with E-state index in [-0.39, 0.29) is 0 Å². The molecule has 0 atom stereocenters. The Morgan fingerprint density at radius 2 is 1.53 bits per heavy atom. The minimum Gasteiger partial charge on any atom is -0.236 e. The van der Waals surface area contributed by atoms with Crippen molar-refractivity contribution in [1.82, 2.24) is 9.97 Å². The molecule has 0 bridgehead atoms. The van der Waals surface area contributed by atoms with E-state index in [4.69, 9.17) is 0 Å². The van der Waals surface area contributed by atoms with Crippen LogP contribution in [0.2, 0.25) is 0 Å². The van der Waals surface area contributed by atoms with Crippen molar-refractivity contribution >= 4 is 0 Å². The fourth-order valence-electron chi connectivity index (χ4n) is 2.54. The molecule has 0 saturated heterocycles. The average molecular weight is 224 g/mol. The van der Waals surface area contributed by atoms with Gasteiger partial charge in [0.2, 0.25) is 0 Å². The van der Waals surface area contributed by atoms with Crippen molar-refractivity contribution in [2.24, 2.45) is 0 Å². The molecule has 1 heterocycles. The van der Waals surface area contributed by atoms with Gasteiger partial charge in [-0.1, -0.05) is 43.2 Å². The summed E-state index contributed by atoms with van der Waals surface area (Å²) in [5.74, 6) is 1.52. The first-order valence-electron chi connectivity index (χ1n) is 6.31. The van der Waals surface area contributed by atoms with Gasteiger partial charge in [-0.05, 0) is 24.3 Å². The van der Waals surface area contributed by atoms with Crippen LogP contribution in [0.25, 0.3) is 11.4 Å². The molecular formula is C15H16N2. The summed E-state index contributed by atoms with van der Waals surface area (Å²) in [6, 6.07) is 10.1. The van der Waals surface area contributed by atoms with E-state index in [1.165, 1.54) is 31.2 Å². The van der Waals surface area contributed by atoms with E-state index in [1.54, 1.807) is 0 Å². The number of hydrogen-bond donors (Lipinski definition) is 0. The molecular weight excluding hydrogens is 208 g/mol. The predicted octanol–water partition coefficient (Wildman–Crippen LogP) is 3.80. The molecule has 1 aliphatic carbocycles. The summed E-state index contributed by atoms with van der Waals surface area (Å²) in [6.45, 7) is 0. The van der Waals surface area contributed by atoms with E-state index in [9.17, 15) is 0 Å². The summed E-state index contributed by atoms with van der Waals surface area (Å²) in [4.78, 5) is 8.96. The molecule has 0 spiro atoms. The van der Waals surface area contributed by atoms with Crippen LogP contribution in [-0.2, 0) is 0 Å². The van der Waals surface area contributed by atoms with Gasteiger partial charge in [0.05, 0.1) is 0 Å². The molecule has 0 N–H and O–H groups in total. The maximum atomic E-state index is 4.48. The van der Waals surface area contributed by atoms with Gasteiger partial charge in [-0.3, -0.25) is 0 Å². The summed E-state index contributed by atoms with van der Waals surface area (Å²) in [6.07, 6.45) is 9.31. The fraction of sp³-hybridized carbons (Fsp3) is 0.333. The molecule has 17 heavy (non-hydrogen) atoms. The Morgan fingerprint density at radius 3 is 2.18 bits per heavy atom. The molecule has 1 aliphatic rings. The number of hydrogen-bond acceptors (Lipinski definition) is 2. The Bertz CT molecular complexity index is 470. The summed E-state index contributed by atoms with van der Waals surface area (Å²) in [5, 5.41) is 0. The minimum absolute atomic E-state index is 0.694. The van der Waals surface area contributed by atoms with Gasteiger partial charge >= 0.3 is 0 Å². The van der Waals surface area contributed by atoms with E-state index in [0.717, 1.165) is 11.4 Å². The molecule has 0 amide bonds. The first-order chi connectivity index (χ1) is 8.43. The topological polar surface area (TPSA) is 25.8 Å². The Balaban J connectivity index is 1.85. The molecule has 1 fully saturated rings. The van der Waals surface area contributed by atoms with E-state index >= 15 is 0 Å². The molecule has 0 unspecified atom stereocenters. The van der Waals surface area contributed by atoms with E-state index in [0.29, 0.717) is 5.92 Å². The summed E-state index contributed by atoms with van der Waals surface area (Å²) in [7, 11) is 0. The first-order valence-corrected chi connectivity index (χ1v) is 6.31. The van der Waals surface area contributed by atoms with Gasteiger partial charge in [-0.15, -0.1) is 0 Å². The molecule has 3 rings (SSSR count). The van der Waals surface area contributed by atoms with Crippen molar-refractivity contribution in [3.8, 4) is 11.4 Å². The zero-order valence-electron chi connectivity index (χ0n) is 9.84. The van der Waals surface area contributed by atoms with E-state index < -0.39 is 0 Å². The van der Waals surface area contributed by atoms with Crippen molar-refractivity contribution in [2.45, 2.75) is 31.6 Å². The molecule has 1 aromatic carbocycles. The zero-order chi connectivity index (χ0) is 11.5. The average Bonchev–Trinajstić information content (AvgIpc) is 2.94. The largest absolute Gasteiger partial charge is 0.236 e. The van der Waals surface area contributed by atoms with Gasteiger partial charge in [0.25, 0.3) is 0 Å². The lowest BCUT2D eigenvalue weighted by atomic mass is 10.0. The van der Waals surface area contributed by atoms with Crippen LogP contribution in [0, 0.1) is 0 Å². The number of rotatable bonds is 2. The number of aromatic nitrogens is 2. The highest BCUT2D eigenvalue weighted by Gasteiger charge is 2.17. The molecule has 2 heteroatoms. The van der Waals surface area contributed by atoms with Crippen molar-refractivity contribution in [2.75, 3.05) is 0 Å². The third kappa shape index (κ3) is 2.21. The monoisotopic (exact) mass is 224 g/mol. The number of benzene rings is 1. The van der Waals surface area contributed by atoms with Crippen LogP contribution in [0.1, 0.15) is 37.2 Å². The number of nitrogens with zero attached hydrogens (tertiary/aromatic N) is 2. The Labute approximate surface area is 102 Å². The zero-order valence-corrected chi connectivity index (χ0v) is 9.84. The van der Waals surface area contributed by atoms with Crippen LogP contribution in [0.5, 0.6) is 0 Å². The van der Waals surface area contributed by atoms with E-state index in [1.807, 2.05) is 42.7 Å². The smallest absolute Gasteiger partial charge is 0.159 e. The summed E-state index contributed by atoms with van der Waals surface area (Å²) < 4.78 is 0. The second-order valence-corrected chi connectivity index (χ2v) is 4.69. The molecule has 0 aliphatic heterocycles. The molecule has 2 aromatic rings. The second kappa shape index (κ2) is 4.66. The van der Waals surface area contributed by atoms with Gasteiger partial charge in [0.1, 0.15) is 0 Å². The van der Waals surface area contributed by atoms with Crippen LogP contribution in [0.15, 0.2) is 42.7 Å². The normalized spacial score (nSPS) is 16.2. The molecule has 0 radical (unpaired) electrons. The Morgan fingerprint density at radius 1 is 0.882 bits per heavy atom. The maximum absolute atomic E-state index is 4.48. The molecule has 1 aromatic heterocycles. The van der Waals surface area contributed by atoms with E-state index in [2.05, 4.69) is 9.97 Å². The van der Waals surface area contributed by atoms with Gasteiger partial charge < -0.3 is 0 Å². The molecule has 2 nitrogen and oxygen atoms in total. The van der Waals surface area contributed by atoms with Crippen molar-refractivity contribution in [1.29, 1.82) is 0 Å². The van der Waals surface area contributed by atoms with Gasteiger partial charge in [-0.2, -0.15) is 0 Å². The quantitative estimate of drug-likeness (QED) is 0.775. The van der Waals surface area contributed by atoms with Gasteiger partial charge in [0, 0.05) is 18.0 Å². The highest BCUT2D eigenvalue weighted by atomic mass is 14.9. The first kappa shape index (κ1) is 10.5. The molecule has 1 saturated carbocycles. The maximum Gasteiger partial charge on any atom is 0.159 e. The third-order valence-corrected chi connectivity index (χ3v) is 3.53. The van der Waals surface area contributed by atoms with Crippen LogP contribution >= 0.6 is 0 Å². The van der Waals surface area contributed by atoms with Gasteiger partial charge in [-0.25, -0.2) is 9.97 Å². The van der Waals surface area contributed by atoms with Crippen LogP contribution in [0.4, 0.5) is 0 Å².